The number of halogens is 2. The van der Waals surface area contributed by atoms with Gasteiger partial charge in [0.2, 0.25) is 5.91 Å². The Balaban J connectivity index is 1.45. The van der Waals surface area contributed by atoms with Crippen molar-refractivity contribution in [1.82, 2.24) is 5.32 Å². The van der Waals surface area contributed by atoms with E-state index in [0.29, 0.717) is 31.0 Å². The summed E-state index contributed by atoms with van der Waals surface area (Å²) in [7, 11) is 0. The van der Waals surface area contributed by atoms with Crippen LogP contribution in [0.25, 0.3) is 0 Å². The number of rotatable bonds is 8. The SMILES string of the molecule is CC1(C)CC(CC(=O)NCCC(c2ccc(F)cc2)c2ccco2)(c2ccc(Cl)cc2)CCO1. The molecular formula is C28H31ClFNO3. The van der Waals surface area contributed by atoms with Gasteiger partial charge >= 0.3 is 0 Å². The van der Waals surface area contributed by atoms with E-state index < -0.39 is 0 Å². The zero-order chi connectivity index (χ0) is 24.2. The second kappa shape index (κ2) is 10.3. The Kier molecular flexibility index (Phi) is 7.44. The molecule has 4 rings (SSSR count). The summed E-state index contributed by atoms with van der Waals surface area (Å²) in [5, 5.41) is 3.80. The Labute approximate surface area is 205 Å². The second-order valence-electron chi connectivity index (χ2n) is 9.76. The van der Waals surface area contributed by atoms with Crippen molar-refractivity contribution in [2.24, 2.45) is 0 Å². The molecule has 34 heavy (non-hydrogen) atoms. The van der Waals surface area contributed by atoms with E-state index in [0.717, 1.165) is 29.7 Å². The number of furan rings is 1. The lowest BCUT2D eigenvalue weighted by Crippen LogP contribution is -2.46. The van der Waals surface area contributed by atoms with Gasteiger partial charge in [-0.1, -0.05) is 35.9 Å². The first-order chi connectivity index (χ1) is 16.3. The summed E-state index contributed by atoms with van der Waals surface area (Å²) in [6, 6.07) is 18.0. The van der Waals surface area contributed by atoms with Crippen molar-refractivity contribution >= 4 is 17.5 Å². The zero-order valence-corrected chi connectivity index (χ0v) is 20.4. The van der Waals surface area contributed by atoms with E-state index in [2.05, 4.69) is 19.2 Å². The number of benzene rings is 2. The van der Waals surface area contributed by atoms with Crippen LogP contribution in [0.5, 0.6) is 0 Å². The van der Waals surface area contributed by atoms with E-state index in [-0.39, 0.29) is 28.7 Å². The van der Waals surface area contributed by atoms with Gasteiger partial charge in [0.1, 0.15) is 11.6 Å². The maximum absolute atomic E-state index is 13.4. The fraction of sp³-hybridized carbons (Fsp3) is 0.393. The van der Waals surface area contributed by atoms with Gasteiger partial charge in [-0.3, -0.25) is 4.79 Å². The molecular weight excluding hydrogens is 453 g/mol. The third-order valence-electron chi connectivity index (χ3n) is 6.71. The monoisotopic (exact) mass is 483 g/mol. The molecule has 0 radical (unpaired) electrons. The predicted molar refractivity (Wildman–Crippen MR) is 132 cm³/mol. The molecule has 1 aliphatic rings. The lowest BCUT2D eigenvalue weighted by atomic mass is 9.67. The summed E-state index contributed by atoms with van der Waals surface area (Å²) in [6.07, 6.45) is 4.18. The average Bonchev–Trinajstić information content (AvgIpc) is 3.32. The maximum atomic E-state index is 13.4. The number of amides is 1. The Morgan fingerprint density at radius 3 is 2.50 bits per heavy atom. The molecule has 4 nitrogen and oxygen atoms in total. The Morgan fingerprint density at radius 1 is 1.12 bits per heavy atom. The molecule has 0 saturated carbocycles. The minimum Gasteiger partial charge on any atom is -0.469 e. The van der Waals surface area contributed by atoms with E-state index in [1.165, 1.54) is 12.1 Å². The molecule has 1 amide bonds. The molecule has 1 fully saturated rings. The highest BCUT2D eigenvalue weighted by atomic mass is 35.5. The summed E-state index contributed by atoms with van der Waals surface area (Å²) in [5.41, 5.74) is 1.44. The van der Waals surface area contributed by atoms with Crippen LogP contribution < -0.4 is 5.32 Å². The predicted octanol–water partition coefficient (Wildman–Crippen LogP) is 6.63. The molecule has 0 aliphatic carbocycles. The molecule has 1 aliphatic heterocycles. The van der Waals surface area contributed by atoms with Gasteiger partial charge in [-0.05, 0) is 80.6 Å². The van der Waals surface area contributed by atoms with Gasteiger partial charge in [-0.15, -0.1) is 0 Å². The van der Waals surface area contributed by atoms with Crippen LogP contribution in [-0.2, 0) is 14.9 Å². The molecule has 2 unspecified atom stereocenters. The quantitative estimate of drug-likeness (QED) is 0.391. The normalized spacial score (nSPS) is 20.6. The molecule has 3 aromatic rings. The number of carbonyl (C=O) groups excluding carboxylic acids is 1. The largest absolute Gasteiger partial charge is 0.469 e. The standard InChI is InChI=1S/C28H31ClFNO3/c1-27(2)19-28(14-17-34-27,21-7-9-22(29)10-8-21)18-26(32)31-15-13-24(25-4-3-16-33-25)20-5-11-23(30)12-6-20/h3-12,16,24H,13-15,17-19H2,1-2H3,(H,31,32). The number of hydrogen-bond donors (Lipinski definition) is 1. The summed E-state index contributed by atoms with van der Waals surface area (Å²) >= 11 is 6.12. The van der Waals surface area contributed by atoms with Gasteiger partial charge in [0.05, 0.1) is 11.9 Å². The van der Waals surface area contributed by atoms with Crippen LogP contribution in [0.3, 0.4) is 0 Å². The second-order valence-corrected chi connectivity index (χ2v) is 10.2. The first-order valence-corrected chi connectivity index (χ1v) is 12.1. The molecule has 1 aromatic heterocycles. The molecule has 2 atom stereocenters. The Morgan fingerprint density at radius 2 is 1.85 bits per heavy atom. The molecule has 180 valence electrons. The zero-order valence-electron chi connectivity index (χ0n) is 19.7. The molecule has 0 bridgehead atoms. The minimum atomic E-state index is -0.314. The first kappa shape index (κ1) is 24.5. The van der Waals surface area contributed by atoms with Crippen LogP contribution >= 0.6 is 11.6 Å². The molecule has 6 heteroatoms. The van der Waals surface area contributed by atoms with Gasteiger partial charge in [-0.25, -0.2) is 4.39 Å². The summed E-state index contributed by atoms with van der Waals surface area (Å²) in [4.78, 5) is 13.2. The maximum Gasteiger partial charge on any atom is 0.220 e. The van der Waals surface area contributed by atoms with Crippen LogP contribution in [0.15, 0.2) is 71.3 Å². The smallest absolute Gasteiger partial charge is 0.220 e. The summed E-state index contributed by atoms with van der Waals surface area (Å²) < 4.78 is 25.0. The van der Waals surface area contributed by atoms with E-state index in [1.54, 1.807) is 18.4 Å². The van der Waals surface area contributed by atoms with Crippen LogP contribution in [-0.4, -0.2) is 24.7 Å². The van der Waals surface area contributed by atoms with Gasteiger partial charge in [0, 0.05) is 35.9 Å². The van der Waals surface area contributed by atoms with Crippen molar-refractivity contribution in [1.29, 1.82) is 0 Å². The van der Waals surface area contributed by atoms with Crippen molar-refractivity contribution < 1.29 is 18.3 Å². The molecule has 0 spiro atoms. The number of carbonyl (C=O) groups is 1. The van der Waals surface area contributed by atoms with Gasteiger partial charge in [-0.2, -0.15) is 0 Å². The van der Waals surface area contributed by atoms with E-state index >= 15 is 0 Å². The van der Waals surface area contributed by atoms with Crippen LogP contribution in [0.2, 0.25) is 5.02 Å². The number of hydrogen-bond acceptors (Lipinski definition) is 3. The van der Waals surface area contributed by atoms with Crippen molar-refractivity contribution in [3.05, 3.63) is 94.7 Å². The van der Waals surface area contributed by atoms with E-state index in [4.69, 9.17) is 20.8 Å². The highest BCUT2D eigenvalue weighted by Gasteiger charge is 2.43. The number of ether oxygens (including phenoxy) is 1. The minimum absolute atomic E-state index is 0.00458. The van der Waals surface area contributed by atoms with Crippen LogP contribution in [0.4, 0.5) is 4.39 Å². The first-order valence-electron chi connectivity index (χ1n) is 11.7. The third-order valence-corrected chi connectivity index (χ3v) is 6.96. The molecule has 2 heterocycles. The van der Waals surface area contributed by atoms with Gasteiger partial charge in [0.25, 0.3) is 0 Å². The summed E-state index contributed by atoms with van der Waals surface area (Å²) in [5.74, 6) is 0.458. The molecule has 2 aromatic carbocycles. The highest BCUT2D eigenvalue weighted by Crippen LogP contribution is 2.44. The van der Waals surface area contributed by atoms with Crippen molar-refractivity contribution in [3.8, 4) is 0 Å². The molecule has 1 saturated heterocycles. The fourth-order valence-electron chi connectivity index (χ4n) is 5.16. The van der Waals surface area contributed by atoms with Gasteiger partial charge < -0.3 is 14.5 Å². The fourth-order valence-corrected chi connectivity index (χ4v) is 5.29. The molecule has 1 N–H and O–H groups in total. The lowest BCUT2D eigenvalue weighted by molar-refractivity contribution is -0.126. The average molecular weight is 484 g/mol. The van der Waals surface area contributed by atoms with Crippen LogP contribution in [0.1, 0.15) is 62.3 Å². The summed E-state index contributed by atoms with van der Waals surface area (Å²) in [6.45, 7) is 5.24. The highest BCUT2D eigenvalue weighted by molar-refractivity contribution is 6.30. The third kappa shape index (κ3) is 5.89. The van der Waals surface area contributed by atoms with Crippen molar-refractivity contribution in [3.63, 3.8) is 0 Å². The van der Waals surface area contributed by atoms with E-state index in [1.807, 2.05) is 36.4 Å². The van der Waals surface area contributed by atoms with Crippen molar-refractivity contribution in [2.45, 2.75) is 56.5 Å². The topological polar surface area (TPSA) is 51.5 Å². The lowest BCUT2D eigenvalue weighted by Gasteiger charge is -2.45. The Hall–Kier alpha value is -2.63. The number of nitrogens with one attached hydrogen (secondary N) is 1. The van der Waals surface area contributed by atoms with Gasteiger partial charge in [0.15, 0.2) is 0 Å². The van der Waals surface area contributed by atoms with Crippen molar-refractivity contribution in [2.75, 3.05) is 13.2 Å². The van der Waals surface area contributed by atoms with Crippen LogP contribution in [0, 0.1) is 5.82 Å². The Bertz CT molecular complexity index is 1080. The van der Waals surface area contributed by atoms with E-state index in [9.17, 15) is 9.18 Å².